The van der Waals surface area contributed by atoms with Gasteiger partial charge < -0.3 is 15.6 Å². The van der Waals surface area contributed by atoms with E-state index >= 15 is 0 Å². The molecule has 2 fully saturated rings. The van der Waals surface area contributed by atoms with Crippen molar-refractivity contribution >= 4 is 22.9 Å². The van der Waals surface area contributed by atoms with Gasteiger partial charge in [-0.25, -0.2) is 4.98 Å². The molecule has 0 atom stereocenters. The van der Waals surface area contributed by atoms with E-state index in [0.717, 1.165) is 23.5 Å². The second-order valence-corrected chi connectivity index (χ2v) is 5.14. The number of nitrogens with one attached hydrogen (secondary N) is 1. The third kappa shape index (κ3) is 1.77. The molecule has 0 saturated heterocycles. The van der Waals surface area contributed by atoms with Gasteiger partial charge in [-0.1, -0.05) is 0 Å². The molecule has 0 amide bonds. The number of imidazole rings is 1. The molecule has 2 aromatic heterocycles. The fraction of sp³-hybridized carbons (Fsp3) is 0.500. The maximum Gasteiger partial charge on any atom is 0.224 e. The maximum absolute atomic E-state index is 5.79. The first-order chi connectivity index (χ1) is 8.79. The summed E-state index contributed by atoms with van der Waals surface area (Å²) >= 11 is 0. The van der Waals surface area contributed by atoms with Crippen molar-refractivity contribution in [1.82, 2.24) is 19.5 Å². The van der Waals surface area contributed by atoms with Crippen LogP contribution in [0.4, 0.5) is 11.8 Å². The molecule has 3 N–H and O–H groups in total. The SMILES string of the molecule is Nc1nc(NC2CC2)c2ncn(C[C]3CC3)c2n1. The first kappa shape index (κ1) is 10.1. The Bertz CT molecular complexity index is 596. The lowest BCUT2D eigenvalue weighted by Crippen LogP contribution is -2.08. The quantitative estimate of drug-likeness (QED) is 0.847. The van der Waals surface area contributed by atoms with Crippen LogP contribution in [-0.4, -0.2) is 25.6 Å². The van der Waals surface area contributed by atoms with Crippen molar-refractivity contribution in [3.05, 3.63) is 12.2 Å². The lowest BCUT2D eigenvalue weighted by atomic mass is 10.4. The number of nitrogens with two attached hydrogens (primary N) is 1. The number of fused-ring (bicyclic) bond motifs is 1. The van der Waals surface area contributed by atoms with Gasteiger partial charge >= 0.3 is 0 Å². The third-order valence-corrected chi connectivity index (χ3v) is 3.40. The highest BCUT2D eigenvalue weighted by Crippen LogP contribution is 2.34. The molecule has 0 bridgehead atoms. The van der Waals surface area contributed by atoms with E-state index in [0.29, 0.717) is 12.0 Å². The molecule has 2 saturated carbocycles. The van der Waals surface area contributed by atoms with E-state index in [1.807, 2.05) is 6.33 Å². The molecule has 2 aliphatic carbocycles. The van der Waals surface area contributed by atoms with Gasteiger partial charge in [0.25, 0.3) is 0 Å². The first-order valence-electron chi connectivity index (χ1n) is 6.38. The van der Waals surface area contributed by atoms with Gasteiger partial charge in [0, 0.05) is 12.6 Å². The molecule has 6 nitrogen and oxygen atoms in total. The fourth-order valence-electron chi connectivity index (χ4n) is 2.09. The number of hydrogen-bond acceptors (Lipinski definition) is 5. The number of rotatable bonds is 4. The zero-order valence-corrected chi connectivity index (χ0v) is 10.1. The summed E-state index contributed by atoms with van der Waals surface area (Å²) < 4.78 is 2.06. The van der Waals surface area contributed by atoms with Gasteiger partial charge in [0.05, 0.1) is 6.33 Å². The first-order valence-corrected chi connectivity index (χ1v) is 6.38. The van der Waals surface area contributed by atoms with E-state index in [4.69, 9.17) is 5.73 Å². The Kier molecular flexibility index (Phi) is 2.00. The molecular weight excluding hydrogens is 228 g/mol. The Morgan fingerprint density at radius 1 is 1.33 bits per heavy atom. The molecule has 93 valence electrons. The lowest BCUT2D eigenvalue weighted by Gasteiger charge is -2.06. The Morgan fingerprint density at radius 3 is 2.89 bits per heavy atom. The van der Waals surface area contributed by atoms with Crippen molar-refractivity contribution in [3.8, 4) is 0 Å². The van der Waals surface area contributed by atoms with Gasteiger partial charge in [-0.3, -0.25) is 0 Å². The van der Waals surface area contributed by atoms with E-state index in [9.17, 15) is 0 Å². The number of hydrogen-bond donors (Lipinski definition) is 2. The fourth-order valence-corrected chi connectivity index (χ4v) is 2.09. The van der Waals surface area contributed by atoms with Crippen molar-refractivity contribution in [1.29, 1.82) is 0 Å². The minimum Gasteiger partial charge on any atom is -0.368 e. The average molecular weight is 243 g/mol. The Morgan fingerprint density at radius 2 is 2.17 bits per heavy atom. The number of nitrogens with zero attached hydrogens (tertiary/aromatic N) is 4. The van der Waals surface area contributed by atoms with E-state index in [2.05, 4.69) is 24.8 Å². The van der Waals surface area contributed by atoms with Crippen LogP contribution in [0.25, 0.3) is 11.2 Å². The maximum atomic E-state index is 5.79. The summed E-state index contributed by atoms with van der Waals surface area (Å²) in [6.45, 7) is 0.913. The molecule has 0 aliphatic heterocycles. The molecule has 2 heterocycles. The Balaban J connectivity index is 1.77. The van der Waals surface area contributed by atoms with Crippen LogP contribution in [0.1, 0.15) is 25.7 Å². The largest absolute Gasteiger partial charge is 0.368 e. The molecule has 6 heteroatoms. The standard InChI is InChI=1S/C12H15N6/c13-12-16-10(15-8-3-4-8)9-11(17-12)18(6-14-9)5-7-1-2-7/h6,8H,1-5H2,(H3,13,15,16,17). The monoisotopic (exact) mass is 243 g/mol. The van der Waals surface area contributed by atoms with Crippen LogP contribution in [0.3, 0.4) is 0 Å². The minimum atomic E-state index is 0.313. The summed E-state index contributed by atoms with van der Waals surface area (Å²) in [5.74, 6) is 2.64. The van der Waals surface area contributed by atoms with Gasteiger partial charge in [0.2, 0.25) is 5.95 Å². The summed E-state index contributed by atoms with van der Waals surface area (Å²) in [6, 6.07) is 0.533. The summed E-state index contributed by atoms with van der Waals surface area (Å²) in [7, 11) is 0. The van der Waals surface area contributed by atoms with Crippen molar-refractivity contribution in [2.45, 2.75) is 38.3 Å². The Hall–Kier alpha value is -1.85. The van der Waals surface area contributed by atoms with Crippen molar-refractivity contribution in [2.24, 2.45) is 0 Å². The highest BCUT2D eigenvalue weighted by molar-refractivity contribution is 5.84. The molecule has 2 aliphatic rings. The van der Waals surface area contributed by atoms with E-state index in [-0.39, 0.29) is 0 Å². The van der Waals surface area contributed by atoms with E-state index in [1.165, 1.54) is 25.7 Å². The number of aromatic nitrogens is 4. The molecule has 18 heavy (non-hydrogen) atoms. The second-order valence-electron chi connectivity index (χ2n) is 5.14. The van der Waals surface area contributed by atoms with Gasteiger partial charge in [0.1, 0.15) is 0 Å². The van der Waals surface area contributed by atoms with Crippen molar-refractivity contribution in [3.63, 3.8) is 0 Å². The molecular formula is C12H15N6. The lowest BCUT2D eigenvalue weighted by molar-refractivity contribution is 0.778. The van der Waals surface area contributed by atoms with Crippen LogP contribution in [-0.2, 0) is 6.54 Å². The summed E-state index contributed by atoms with van der Waals surface area (Å²) in [5.41, 5.74) is 7.45. The number of anilines is 2. The zero-order chi connectivity index (χ0) is 12.1. The summed E-state index contributed by atoms with van der Waals surface area (Å²) in [5, 5.41) is 3.37. The van der Waals surface area contributed by atoms with Gasteiger partial charge in [0.15, 0.2) is 17.0 Å². The topological polar surface area (TPSA) is 81.6 Å². The molecule has 0 aromatic carbocycles. The molecule has 4 rings (SSSR count). The predicted octanol–water partition coefficient (Wildman–Crippen LogP) is 1.35. The van der Waals surface area contributed by atoms with E-state index in [1.54, 1.807) is 5.92 Å². The van der Waals surface area contributed by atoms with Gasteiger partial charge in [-0.15, -0.1) is 0 Å². The van der Waals surface area contributed by atoms with Gasteiger partial charge in [-0.2, -0.15) is 9.97 Å². The smallest absolute Gasteiger partial charge is 0.224 e. The number of nitrogen functional groups attached to an aromatic ring is 1. The Labute approximate surface area is 105 Å². The summed E-state index contributed by atoms with van der Waals surface area (Å²) in [4.78, 5) is 13.0. The van der Waals surface area contributed by atoms with E-state index < -0.39 is 0 Å². The highest BCUT2D eigenvalue weighted by atomic mass is 15.2. The molecule has 0 spiro atoms. The molecule has 1 radical (unpaired) electrons. The van der Waals surface area contributed by atoms with Crippen LogP contribution < -0.4 is 11.1 Å². The normalized spacial score (nSPS) is 19.3. The van der Waals surface area contributed by atoms with Crippen LogP contribution in [0.5, 0.6) is 0 Å². The average Bonchev–Trinajstić information content (AvgIpc) is 3.22. The van der Waals surface area contributed by atoms with Crippen molar-refractivity contribution < 1.29 is 0 Å². The molecule has 0 unspecified atom stereocenters. The summed E-state index contributed by atoms with van der Waals surface area (Å²) in [6.07, 6.45) is 6.69. The second kappa shape index (κ2) is 3.57. The predicted molar refractivity (Wildman–Crippen MR) is 68.9 cm³/mol. The van der Waals surface area contributed by atoms with Crippen LogP contribution in [0.2, 0.25) is 0 Å². The molecule has 2 aromatic rings. The highest BCUT2D eigenvalue weighted by Gasteiger charge is 2.26. The zero-order valence-electron chi connectivity index (χ0n) is 10.1. The van der Waals surface area contributed by atoms with Crippen LogP contribution in [0.15, 0.2) is 6.33 Å². The minimum absolute atomic E-state index is 0.313. The third-order valence-electron chi connectivity index (χ3n) is 3.40. The van der Waals surface area contributed by atoms with Crippen molar-refractivity contribution in [2.75, 3.05) is 11.1 Å². The van der Waals surface area contributed by atoms with Crippen LogP contribution >= 0.6 is 0 Å². The van der Waals surface area contributed by atoms with Gasteiger partial charge in [-0.05, 0) is 31.6 Å². The van der Waals surface area contributed by atoms with Crippen LogP contribution in [0, 0.1) is 5.92 Å².